The highest BCUT2D eigenvalue weighted by molar-refractivity contribution is 5.82. The van der Waals surface area contributed by atoms with Crippen molar-refractivity contribution in [3.63, 3.8) is 0 Å². The van der Waals surface area contributed by atoms with Crippen LogP contribution in [0.5, 0.6) is 0 Å². The maximum absolute atomic E-state index is 7.26. The summed E-state index contributed by atoms with van der Waals surface area (Å²) in [7, 11) is 0. The van der Waals surface area contributed by atoms with Crippen LogP contribution in [0.25, 0.3) is 0 Å². The van der Waals surface area contributed by atoms with Crippen LogP contribution in [0.3, 0.4) is 0 Å². The molecule has 1 saturated heterocycles. The Morgan fingerprint density at radius 1 is 1.38 bits per heavy atom. The molecule has 2 N–H and O–H groups in total. The lowest BCUT2D eigenvalue weighted by Crippen LogP contribution is -2.42. The fourth-order valence-corrected chi connectivity index (χ4v) is 1.54. The molecule has 1 aliphatic heterocycles. The average Bonchev–Trinajstić information content (AvgIpc) is 2.03. The Balaban J connectivity index is 2.82. The summed E-state index contributed by atoms with van der Waals surface area (Å²) < 4.78 is 0. The van der Waals surface area contributed by atoms with E-state index >= 15 is 0 Å². The third kappa shape index (κ3) is 2.07. The molecule has 0 atom stereocenters. The van der Waals surface area contributed by atoms with Crippen LogP contribution in [0, 0.1) is 11.3 Å². The summed E-state index contributed by atoms with van der Waals surface area (Å²) in [5, 5.41) is 10.5. The molecule has 72 valence electrons. The Labute approximate surface area is 80.2 Å². The van der Waals surface area contributed by atoms with Gasteiger partial charge < -0.3 is 10.7 Å². The fourth-order valence-electron chi connectivity index (χ4n) is 1.54. The third-order valence-electron chi connectivity index (χ3n) is 2.88. The fraction of sp³-hybridized carbons (Fsp3) is 0.545. The van der Waals surface area contributed by atoms with Gasteiger partial charge in [-0.05, 0) is 31.9 Å². The molecule has 0 spiro atoms. The van der Waals surface area contributed by atoms with Gasteiger partial charge in [0.2, 0.25) is 0 Å². The Hall–Kier alpha value is -0.890. The molecule has 1 rings (SSSR count). The zero-order valence-corrected chi connectivity index (χ0v) is 8.65. The van der Waals surface area contributed by atoms with Gasteiger partial charge in [-0.1, -0.05) is 11.6 Å². The molecule has 2 nitrogen and oxygen atoms in total. The topological polar surface area (TPSA) is 35.9 Å². The van der Waals surface area contributed by atoms with Crippen molar-refractivity contribution in [2.75, 3.05) is 13.1 Å². The smallest absolute Gasteiger partial charge is 0.0249 e. The summed E-state index contributed by atoms with van der Waals surface area (Å²) in [5.41, 5.74) is 3.74. The highest BCUT2D eigenvalue weighted by Crippen LogP contribution is 2.22. The van der Waals surface area contributed by atoms with Crippen molar-refractivity contribution in [2.24, 2.45) is 5.92 Å². The predicted molar refractivity (Wildman–Crippen MR) is 57.3 cm³/mol. The highest BCUT2D eigenvalue weighted by atomic mass is 14.9. The van der Waals surface area contributed by atoms with Crippen LogP contribution in [0.4, 0.5) is 0 Å². The first kappa shape index (κ1) is 10.2. The number of hydrogen-bond acceptors (Lipinski definition) is 2. The van der Waals surface area contributed by atoms with E-state index in [2.05, 4.69) is 19.2 Å². The van der Waals surface area contributed by atoms with Crippen molar-refractivity contribution in [3.05, 3.63) is 22.8 Å². The zero-order valence-electron chi connectivity index (χ0n) is 8.65. The van der Waals surface area contributed by atoms with Crippen molar-refractivity contribution in [2.45, 2.75) is 20.8 Å². The molecular weight excluding hydrogens is 160 g/mol. The Morgan fingerprint density at radius 2 is 2.00 bits per heavy atom. The van der Waals surface area contributed by atoms with Gasteiger partial charge in [-0.15, -0.1) is 0 Å². The van der Waals surface area contributed by atoms with Gasteiger partial charge >= 0.3 is 0 Å². The van der Waals surface area contributed by atoms with Crippen LogP contribution in [0.2, 0.25) is 0 Å². The quantitative estimate of drug-likeness (QED) is 0.504. The van der Waals surface area contributed by atoms with Gasteiger partial charge in [-0.3, -0.25) is 0 Å². The van der Waals surface area contributed by atoms with Crippen LogP contribution < -0.4 is 5.32 Å². The van der Waals surface area contributed by atoms with Gasteiger partial charge in [0.15, 0.2) is 0 Å². The van der Waals surface area contributed by atoms with E-state index in [-0.39, 0.29) is 0 Å². The number of rotatable bonds is 3. The maximum Gasteiger partial charge on any atom is 0.0249 e. The maximum atomic E-state index is 7.26. The van der Waals surface area contributed by atoms with E-state index in [0.717, 1.165) is 18.7 Å². The molecule has 1 heterocycles. The normalized spacial score (nSPS) is 20.7. The van der Waals surface area contributed by atoms with Crippen molar-refractivity contribution in [1.82, 2.24) is 5.32 Å². The number of nitrogens with one attached hydrogen (secondary N) is 2. The first-order chi connectivity index (χ1) is 6.20. The molecule has 0 aromatic heterocycles. The lowest BCUT2D eigenvalue weighted by Gasteiger charge is -2.29. The molecule has 0 bridgehead atoms. The lowest BCUT2D eigenvalue weighted by molar-refractivity contribution is 0.397. The molecule has 13 heavy (non-hydrogen) atoms. The van der Waals surface area contributed by atoms with Crippen LogP contribution >= 0.6 is 0 Å². The van der Waals surface area contributed by atoms with Crippen LogP contribution in [-0.2, 0) is 0 Å². The van der Waals surface area contributed by atoms with E-state index in [4.69, 9.17) is 5.41 Å². The van der Waals surface area contributed by atoms with Gasteiger partial charge in [0.1, 0.15) is 0 Å². The van der Waals surface area contributed by atoms with Crippen molar-refractivity contribution < 1.29 is 0 Å². The third-order valence-corrected chi connectivity index (χ3v) is 2.88. The second kappa shape index (κ2) is 4.38. The largest absolute Gasteiger partial charge is 0.315 e. The van der Waals surface area contributed by atoms with Crippen LogP contribution in [0.15, 0.2) is 22.8 Å². The molecule has 0 radical (unpaired) electrons. The molecule has 0 aromatic rings. The highest BCUT2D eigenvalue weighted by Gasteiger charge is 2.20. The van der Waals surface area contributed by atoms with Crippen molar-refractivity contribution in [1.29, 1.82) is 5.41 Å². The van der Waals surface area contributed by atoms with E-state index in [1.165, 1.54) is 17.4 Å². The lowest BCUT2D eigenvalue weighted by atomic mass is 9.89. The molecule has 0 amide bonds. The van der Waals surface area contributed by atoms with Gasteiger partial charge in [-0.25, -0.2) is 0 Å². The molecule has 1 fully saturated rings. The second-order valence-corrected chi connectivity index (χ2v) is 3.55. The monoisotopic (exact) mass is 178 g/mol. The van der Waals surface area contributed by atoms with E-state index in [1.54, 1.807) is 0 Å². The zero-order chi connectivity index (χ0) is 9.84. The minimum Gasteiger partial charge on any atom is -0.315 e. The molecule has 1 aliphatic rings. The van der Waals surface area contributed by atoms with E-state index in [9.17, 15) is 0 Å². The molecule has 0 aromatic carbocycles. The minimum absolute atomic E-state index is 0.690. The van der Waals surface area contributed by atoms with Crippen LogP contribution in [-0.4, -0.2) is 19.3 Å². The Kier molecular flexibility index (Phi) is 3.43. The van der Waals surface area contributed by atoms with E-state index in [0.29, 0.717) is 5.92 Å². The predicted octanol–water partition coefficient (Wildman–Crippen LogP) is 2.14. The summed E-state index contributed by atoms with van der Waals surface area (Å²) >= 11 is 0. The summed E-state index contributed by atoms with van der Waals surface area (Å²) in [6, 6.07) is 0. The molecule has 0 saturated carbocycles. The van der Waals surface area contributed by atoms with Crippen LogP contribution in [0.1, 0.15) is 20.8 Å². The Bertz CT molecular complexity index is 257. The molecule has 2 heteroatoms. The van der Waals surface area contributed by atoms with E-state index in [1.807, 2.05) is 13.0 Å². The number of allylic oxidation sites excluding steroid dienone is 3. The van der Waals surface area contributed by atoms with Crippen molar-refractivity contribution >= 4 is 6.21 Å². The minimum atomic E-state index is 0.690. The van der Waals surface area contributed by atoms with E-state index < -0.39 is 0 Å². The van der Waals surface area contributed by atoms with Crippen molar-refractivity contribution in [3.8, 4) is 0 Å². The summed E-state index contributed by atoms with van der Waals surface area (Å²) in [6.45, 7) is 8.45. The summed E-state index contributed by atoms with van der Waals surface area (Å²) in [5.74, 6) is 0.690. The summed E-state index contributed by atoms with van der Waals surface area (Å²) in [4.78, 5) is 0. The SMILES string of the molecule is CC=C(C=N)C(C)=C(C)C1CNC1. The van der Waals surface area contributed by atoms with Gasteiger partial charge in [0, 0.05) is 25.2 Å². The van der Waals surface area contributed by atoms with Gasteiger partial charge in [-0.2, -0.15) is 0 Å². The second-order valence-electron chi connectivity index (χ2n) is 3.55. The van der Waals surface area contributed by atoms with Gasteiger partial charge in [0.05, 0.1) is 0 Å². The molecule has 0 unspecified atom stereocenters. The Morgan fingerprint density at radius 3 is 2.31 bits per heavy atom. The number of hydrogen-bond donors (Lipinski definition) is 2. The molecular formula is C11H18N2. The average molecular weight is 178 g/mol. The van der Waals surface area contributed by atoms with Gasteiger partial charge in [0.25, 0.3) is 0 Å². The first-order valence-electron chi connectivity index (χ1n) is 4.76. The molecule has 0 aliphatic carbocycles. The standard InChI is InChI=1S/C11H18N2/c1-4-10(5-12)8(2)9(3)11-6-13-7-11/h4-5,11-13H,6-7H2,1-3H3. The summed E-state index contributed by atoms with van der Waals surface area (Å²) in [6.07, 6.45) is 3.43. The first-order valence-corrected chi connectivity index (χ1v) is 4.76.